The molecule has 2 atom stereocenters. The zero-order valence-corrected chi connectivity index (χ0v) is 15.7. The van der Waals surface area contributed by atoms with E-state index in [1.165, 1.54) is 11.8 Å². The lowest BCUT2D eigenvalue weighted by Crippen LogP contribution is -2.49. The van der Waals surface area contributed by atoms with Gasteiger partial charge in [0, 0.05) is 18.7 Å². The quantitative estimate of drug-likeness (QED) is 0.645. The molecule has 9 nitrogen and oxygen atoms in total. The first kappa shape index (κ1) is 20.0. The second-order valence-corrected chi connectivity index (χ2v) is 7.64. The van der Waals surface area contributed by atoms with E-state index in [9.17, 15) is 32.3 Å². The van der Waals surface area contributed by atoms with Crippen molar-refractivity contribution in [2.24, 2.45) is 0 Å². The van der Waals surface area contributed by atoms with Crippen molar-refractivity contribution in [1.29, 1.82) is 0 Å². The van der Waals surface area contributed by atoms with E-state index in [0.29, 0.717) is 25.5 Å². The Morgan fingerprint density at radius 1 is 1.30 bits per heavy atom. The van der Waals surface area contributed by atoms with Crippen molar-refractivity contribution in [3.8, 4) is 0 Å². The molecule has 2 aromatic rings. The van der Waals surface area contributed by atoms with Crippen LogP contribution in [0.2, 0.25) is 0 Å². The Balaban J connectivity index is 1.64. The van der Waals surface area contributed by atoms with E-state index in [4.69, 9.17) is 4.42 Å². The minimum absolute atomic E-state index is 0.140. The van der Waals surface area contributed by atoms with Crippen LogP contribution in [-0.4, -0.2) is 45.9 Å². The van der Waals surface area contributed by atoms with Crippen LogP contribution in [0.25, 0.3) is 11.1 Å². The molecule has 2 aliphatic rings. The van der Waals surface area contributed by atoms with Crippen LogP contribution in [0.4, 0.5) is 18.0 Å². The van der Waals surface area contributed by atoms with Gasteiger partial charge in [-0.3, -0.25) is 24.7 Å². The van der Waals surface area contributed by atoms with E-state index < -0.39 is 57.8 Å². The molecule has 160 valence electrons. The third-order valence-electron chi connectivity index (χ3n) is 5.45. The largest absolute Gasteiger partial charge is 0.434 e. The number of urea groups is 1. The molecule has 0 spiro atoms. The zero-order valence-electron chi connectivity index (χ0n) is 15.7. The Bertz CT molecular complexity index is 1120. The molecule has 4 rings (SSSR count). The van der Waals surface area contributed by atoms with Crippen molar-refractivity contribution in [2.75, 3.05) is 6.54 Å². The van der Waals surface area contributed by atoms with Gasteiger partial charge < -0.3 is 14.6 Å². The highest BCUT2D eigenvalue weighted by Gasteiger charge is 2.46. The number of amides is 4. The monoisotopic (exact) mass is 426 g/mol. The number of carbonyl (C=O) groups is 3. The average Bonchev–Trinajstić information content (AvgIpc) is 3.31. The predicted molar refractivity (Wildman–Crippen MR) is 95.6 cm³/mol. The number of imide groups is 1. The standard InChI is InChI=1S/C18H17F3N4O5/c1-17(15(28)23-16(29)24-17)7-8-3-2-4-25(8)14(27)11-5-9-10(18(19,20)21)6-12(26)22-13(9)30-11/h5-6,8H,2-4,7H2,1H3,(H,22,26)(H2,23,24,28,29). The lowest BCUT2D eigenvalue weighted by molar-refractivity contribution is -0.136. The van der Waals surface area contributed by atoms with Crippen LogP contribution in [-0.2, 0) is 11.0 Å². The van der Waals surface area contributed by atoms with E-state index in [0.717, 1.165) is 6.07 Å². The van der Waals surface area contributed by atoms with Gasteiger partial charge in [0.25, 0.3) is 17.4 Å². The molecule has 2 saturated heterocycles. The number of likely N-dealkylation sites (tertiary alicyclic amines) is 1. The summed E-state index contributed by atoms with van der Waals surface area (Å²) in [7, 11) is 0. The molecule has 0 bridgehead atoms. The van der Waals surface area contributed by atoms with Crippen LogP contribution in [0.15, 0.2) is 21.3 Å². The molecule has 12 heteroatoms. The molecule has 2 aromatic heterocycles. The maximum atomic E-state index is 13.2. The third-order valence-corrected chi connectivity index (χ3v) is 5.45. The number of H-pyrrole nitrogens is 1. The number of nitrogens with one attached hydrogen (secondary N) is 3. The summed E-state index contributed by atoms with van der Waals surface area (Å²) in [5.74, 6) is -1.52. The Kier molecular flexibility index (Phi) is 4.40. The van der Waals surface area contributed by atoms with E-state index in [2.05, 4.69) is 15.6 Å². The second kappa shape index (κ2) is 6.61. The number of alkyl halides is 3. The summed E-state index contributed by atoms with van der Waals surface area (Å²) in [6.45, 7) is 1.85. The molecule has 4 heterocycles. The lowest BCUT2D eigenvalue weighted by Gasteiger charge is -2.30. The SMILES string of the molecule is CC1(CC2CCCN2C(=O)c2cc3c(C(F)(F)F)cc(=O)[nH]c3o2)NC(=O)NC1=O. The van der Waals surface area contributed by atoms with Crippen LogP contribution in [0.5, 0.6) is 0 Å². The van der Waals surface area contributed by atoms with Crippen LogP contribution in [0.3, 0.4) is 0 Å². The Morgan fingerprint density at radius 3 is 2.67 bits per heavy atom. The maximum Gasteiger partial charge on any atom is 0.417 e. The topological polar surface area (TPSA) is 125 Å². The molecule has 2 unspecified atom stereocenters. The summed E-state index contributed by atoms with van der Waals surface area (Å²) >= 11 is 0. The number of halogens is 3. The van der Waals surface area contributed by atoms with Gasteiger partial charge in [0.15, 0.2) is 5.76 Å². The van der Waals surface area contributed by atoms with Crippen molar-refractivity contribution in [1.82, 2.24) is 20.5 Å². The molecule has 0 radical (unpaired) electrons. The third kappa shape index (κ3) is 3.31. The highest BCUT2D eigenvalue weighted by atomic mass is 19.4. The lowest BCUT2D eigenvalue weighted by atomic mass is 9.92. The number of pyridine rings is 1. The smallest absolute Gasteiger partial charge is 0.417 e. The molecule has 4 amide bonds. The number of nitrogens with zero attached hydrogens (tertiary/aromatic N) is 1. The van der Waals surface area contributed by atoms with E-state index >= 15 is 0 Å². The number of aromatic amines is 1. The van der Waals surface area contributed by atoms with Crippen LogP contribution >= 0.6 is 0 Å². The summed E-state index contributed by atoms with van der Waals surface area (Å²) in [5.41, 5.74) is -3.84. The van der Waals surface area contributed by atoms with Gasteiger partial charge in [0.2, 0.25) is 5.71 Å². The number of aromatic nitrogens is 1. The number of hydrogen-bond acceptors (Lipinski definition) is 5. The van der Waals surface area contributed by atoms with Gasteiger partial charge in [-0.2, -0.15) is 13.2 Å². The van der Waals surface area contributed by atoms with E-state index in [1.54, 1.807) is 0 Å². The minimum Gasteiger partial charge on any atom is -0.434 e. The first-order chi connectivity index (χ1) is 14.0. The summed E-state index contributed by atoms with van der Waals surface area (Å²) in [5, 5.41) is 4.26. The summed E-state index contributed by atoms with van der Waals surface area (Å²) in [6.07, 6.45) is -3.49. The molecule has 2 fully saturated rings. The maximum absolute atomic E-state index is 13.2. The molecule has 0 aromatic carbocycles. The van der Waals surface area contributed by atoms with Gasteiger partial charge in [0.05, 0.1) is 10.9 Å². The zero-order chi connectivity index (χ0) is 21.8. The van der Waals surface area contributed by atoms with Gasteiger partial charge in [0.1, 0.15) is 5.54 Å². The minimum atomic E-state index is -4.80. The fraction of sp³-hybridized carbons (Fsp3) is 0.444. The van der Waals surface area contributed by atoms with Crippen molar-refractivity contribution >= 4 is 28.9 Å². The normalized spacial score (nSPS) is 24.4. The molecular formula is C18H17F3N4O5. The van der Waals surface area contributed by atoms with Crippen LogP contribution in [0, 0.1) is 0 Å². The average molecular weight is 426 g/mol. The molecule has 0 saturated carbocycles. The predicted octanol–water partition coefficient (Wildman–Crippen LogP) is 1.73. The Hall–Kier alpha value is -3.31. The fourth-order valence-corrected chi connectivity index (χ4v) is 4.03. The van der Waals surface area contributed by atoms with Gasteiger partial charge in [-0.25, -0.2) is 4.79 Å². The van der Waals surface area contributed by atoms with Crippen molar-refractivity contribution in [3.05, 3.63) is 33.8 Å². The first-order valence-electron chi connectivity index (χ1n) is 9.16. The van der Waals surface area contributed by atoms with Crippen molar-refractivity contribution in [2.45, 2.75) is 43.9 Å². The number of fused-ring (bicyclic) bond motifs is 1. The summed E-state index contributed by atoms with van der Waals surface area (Å²) < 4.78 is 45.0. The number of rotatable bonds is 3. The number of furan rings is 1. The Morgan fingerprint density at radius 2 is 2.03 bits per heavy atom. The molecule has 0 aliphatic carbocycles. The van der Waals surface area contributed by atoms with Gasteiger partial charge >= 0.3 is 12.2 Å². The van der Waals surface area contributed by atoms with Gasteiger partial charge in [-0.05, 0) is 32.3 Å². The summed E-state index contributed by atoms with van der Waals surface area (Å²) in [6, 6.07) is 0.310. The molecule has 30 heavy (non-hydrogen) atoms. The highest BCUT2D eigenvalue weighted by Crippen LogP contribution is 2.35. The summed E-state index contributed by atoms with van der Waals surface area (Å²) in [4.78, 5) is 51.6. The first-order valence-corrected chi connectivity index (χ1v) is 9.16. The number of carbonyl (C=O) groups excluding carboxylic acids is 3. The van der Waals surface area contributed by atoms with Crippen LogP contribution < -0.4 is 16.2 Å². The van der Waals surface area contributed by atoms with E-state index in [-0.39, 0.29) is 12.2 Å². The van der Waals surface area contributed by atoms with E-state index in [1.807, 2.05) is 0 Å². The fourth-order valence-electron chi connectivity index (χ4n) is 4.03. The second-order valence-electron chi connectivity index (χ2n) is 7.64. The van der Waals surface area contributed by atoms with Crippen molar-refractivity contribution < 1.29 is 32.0 Å². The molecule has 3 N–H and O–H groups in total. The van der Waals surface area contributed by atoms with Crippen LogP contribution in [0.1, 0.15) is 42.3 Å². The number of hydrogen-bond donors (Lipinski definition) is 3. The van der Waals surface area contributed by atoms with Gasteiger partial charge in [-0.1, -0.05) is 0 Å². The highest BCUT2D eigenvalue weighted by molar-refractivity contribution is 6.06. The molecular weight excluding hydrogens is 409 g/mol. The molecule has 2 aliphatic heterocycles. The Labute approximate surface area is 166 Å². The van der Waals surface area contributed by atoms with Crippen molar-refractivity contribution in [3.63, 3.8) is 0 Å². The van der Waals surface area contributed by atoms with Gasteiger partial charge in [-0.15, -0.1) is 0 Å².